The third-order valence-corrected chi connectivity index (χ3v) is 5.59. The molecule has 3 nitrogen and oxygen atoms in total. The van der Waals surface area contributed by atoms with Crippen molar-refractivity contribution in [2.45, 2.75) is 57.8 Å². The van der Waals surface area contributed by atoms with Crippen LogP contribution >= 0.6 is 0 Å². The van der Waals surface area contributed by atoms with Crippen molar-refractivity contribution in [3.8, 4) is 6.07 Å². The Hall–Kier alpha value is -1.30. The Labute approximate surface area is 121 Å². The van der Waals surface area contributed by atoms with Gasteiger partial charge in [-0.3, -0.25) is 4.79 Å². The molecule has 1 saturated heterocycles. The molecular formula is C17H24N2O. The van der Waals surface area contributed by atoms with Gasteiger partial charge in [0.25, 0.3) is 0 Å². The Morgan fingerprint density at radius 1 is 1.10 bits per heavy atom. The topological polar surface area (TPSA) is 44.1 Å². The smallest absolute Gasteiger partial charge is 0.243 e. The first-order valence-electron chi connectivity index (χ1n) is 8.05. The SMILES string of the molecule is N#CC1(C(=O)N2CCCC3(CC=CCC3)C2)CCCC1. The number of hydrogen-bond acceptors (Lipinski definition) is 2. The molecule has 3 heteroatoms. The molecule has 1 unspecified atom stereocenters. The van der Waals surface area contributed by atoms with Crippen LogP contribution in [-0.4, -0.2) is 23.9 Å². The van der Waals surface area contributed by atoms with Crippen molar-refractivity contribution in [3.05, 3.63) is 12.2 Å². The number of carbonyl (C=O) groups excluding carboxylic acids is 1. The van der Waals surface area contributed by atoms with Crippen molar-refractivity contribution in [3.63, 3.8) is 0 Å². The third-order valence-electron chi connectivity index (χ3n) is 5.59. The van der Waals surface area contributed by atoms with Gasteiger partial charge in [0.2, 0.25) is 5.91 Å². The average Bonchev–Trinajstić information content (AvgIpc) is 2.97. The summed E-state index contributed by atoms with van der Waals surface area (Å²) in [4.78, 5) is 14.9. The van der Waals surface area contributed by atoms with Gasteiger partial charge in [0, 0.05) is 13.1 Å². The van der Waals surface area contributed by atoms with E-state index in [9.17, 15) is 10.1 Å². The molecule has 1 amide bonds. The first-order valence-corrected chi connectivity index (χ1v) is 8.05. The fourth-order valence-electron chi connectivity index (χ4n) is 4.35. The van der Waals surface area contributed by atoms with Gasteiger partial charge >= 0.3 is 0 Å². The zero-order chi connectivity index (χ0) is 14.1. The van der Waals surface area contributed by atoms with Crippen LogP contribution in [0.25, 0.3) is 0 Å². The van der Waals surface area contributed by atoms with Gasteiger partial charge in [-0.15, -0.1) is 0 Å². The minimum atomic E-state index is -0.691. The summed E-state index contributed by atoms with van der Waals surface area (Å²) in [6.07, 6.45) is 13.9. The predicted molar refractivity (Wildman–Crippen MR) is 77.8 cm³/mol. The highest BCUT2D eigenvalue weighted by Crippen LogP contribution is 2.44. The van der Waals surface area contributed by atoms with E-state index in [1.807, 2.05) is 4.90 Å². The maximum absolute atomic E-state index is 12.9. The maximum Gasteiger partial charge on any atom is 0.243 e. The molecule has 1 spiro atoms. The van der Waals surface area contributed by atoms with Crippen LogP contribution in [0.3, 0.4) is 0 Å². The summed E-state index contributed by atoms with van der Waals surface area (Å²) in [5, 5.41) is 9.51. The third kappa shape index (κ3) is 2.26. The van der Waals surface area contributed by atoms with Crippen LogP contribution < -0.4 is 0 Å². The van der Waals surface area contributed by atoms with E-state index in [2.05, 4.69) is 18.2 Å². The van der Waals surface area contributed by atoms with Crippen LogP contribution in [0.15, 0.2) is 12.2 Å². The van der Waals surface area contributed by atoms with Crippen LogP contribution in [0, 0.1) is 22.2 Å². The molecule has 0 bridgehead atoms. The lowest BCUT2D eigenvalue weighted by atomic mass is 9.71. The summed E-state index contributed by atoms with van der Waals surface area (Å²) in [5.41, 5.74) is -0.388. The molecular weight excluding hydrogens is 248 g/mol. The first kappa shape index (κ1) is 13.7. The molecule has 0 aromatic carbocycles. The largest absolute Gasteiger partial charge is 0.341 e. The van der Waals surface area contributed by atoms with E-state index in [4.69, 9.17) is 0 Å². The normalized spacial score (nSPS) is 32.2. The maximum atomic E-state index is 12.9. The van der Waals surface area contributed by atoms with Gasteiger partial charge < -0.3 is 4.90 Å². The number of likely N-dealkylation sites (tertiary alicyclic amines) is 1. The zero-order valence-electron chi connectivity index (χ0n) is 12.2. The standard InChI is InChI=1S/C17H24N2O/c18-13-17(10-4-5-11-17)15(20)19-12-6-9-16(14-19)7-2-1-3-8-16/h1-2H,3-12,14H2. The highest BCUT2D eigenvalue weighted by atomic mass is 16.2. The molecule has 108 valence electrons. The number of amides is 1. The van der Waals surface area contributed by atoms with Gasteiger partial charge in [-0.25, -0.2) is 0 Å². The van der Waals surface area contributed by atoms with Crippen molar-refractivity contribution in [1.29, 1.82) is 5.26 Å². The van der Waals surface area contributed by atoms with E-state index < -0.39 is 5.41 Å². The number of nitriles is 1. The van der Waals surface area contributed by atoms with Gasteiger partial charge in [0.1, 0.15) is 5.41 Å². The fraction of sp³-hybridized carbons (Fsp3) is 0.765. The molecule has 1 aliphatic heterocycles. The molecule has 0 aromatic rings. The number of allylic oxidation sites excluding steroid dienone is 2. The highest BCUT2D eigenvalue weighted by molar-refractivity contribution is 5.86. The molecule has 1 heterocycles. The molecule has 0 radical (unpaired) electrons. The molecule has 0 aromatic heterocycles. The van der Waals surface area contributed by atoms with Crippen LogP contribution in [0.5, 0.6) is 0 Å². The van der Waals surface area contributed by atoms with Gasteiger partial charge in [0.05, 0.1) is 6.07 Å². The van der Waals surface area contributed by atoms with Gasteiger partial charge in [-0.05, 0) is 50.4 Å². The van der Waals surface area contributed by atoms with Crippen molar-refractivity contribution in [2.75, 3.05) is 13.1 Å². The summed E-state index contributed by atoms with van der Waals surface area (Å²) in [7, 11) is 0. The Bertz CT molecular complexity index is 456. The fourth-order valence-corrected chi connectivity index (χ4v) is 4.35. The van der Waals surface area contributed by atoms with E-state index in [1.54, 1.807) is 0 Å². The number of piperidine rings is 1. The molecule has 3 aliphatic rings. The lowest BCUT2D eigenvalue weighted by molar-refractivity contribution is -0.142. The molecule has 0 N–H and O–H groups in total. The highest BCUT2D eigenvalue weighted by Gasteiger charge is 2.46. The predicted octanol–water partition coefficient (Wildman–Crippen LogP) is 3.42. The second kappa shape index (κ2) is 5.24. The minimum Gasteiger partial charge on any atom is -0.341 e. The number of rotatable bonds is 1. The van der Waals surface area contributed by atoms with Crippen LogP contribution in [0.2, 0.25) is 0 Å². The molecule has 2 aliphatic carbocycles. The molecule has 3 rings (SSSR count). The summed E-state index contributed by atoms with van der Waals surface area (Å²) in [6.45, 7) is 1.73. The van der Waals surface area contributed by atoms with Crippen LogP contribution in [0.4, 0.5) is 0 Å². The summed E-state index contributed by atoms with van der Waals surface area (Å²) >= 11 is 0. The second-order valence-electron chi connectivity index (χ2n) is 6.95. The number of nitrogens with zero attached hydrogens (tertiary/aromatic N) is 2. The summed E-state index contributed by atoms with van der Waals surface area (Å²) < 4.78 is 0. The summed E-state index contributed by atoms with van der Waals surface area (Å²) in [6, 6.07) is 2.36. The van der Waals surface area contributed by atoms with Crippen molar-refractivity contribution < 1.29 is 4.79 Å². The molecule has 2 fully saturated rings. The van der Waals surface area contributed by atoms with Crippen LogP contribution in [0.1, 0.15) is 57.8 Å². The van der Waals surface area contributed by atoms with E-state index in [1.165, 1.54) is 12.8 Å². The minimum absolute atomic E-state index is 0.131. The van der Waals surface area contributed by atoms with E-state index in [0.29, 0.717) is 5.41 Å². The van der Waals surface area contributed by atoms with Gasteiger partial charge in [-0.1, -0.05) is 25.0 Å². The molecule has 1 saturated carbocycles. The quantitative estimate of drug-likeness (QED) is 0.686. The first-order chi connectivity index (χ1) is 9.70. The summed E-state index contributed by atoms with van der Waals surface area (Å²) in [5.74, 6) is 0.131. The second-order valence-corrected chi connectivity index (χ2v) is 6.95. The zero-order valence-corrected chi connectivity index (χ0v) is 12.2. The lowest BCUT2D eigenvalue weighted by Crippen LogP contribution is -2.51. The lowest BCUT2D eigenvalue weighted by Gasteiger charge is -2.45. The van der Waals surface area contributed by atoms with Crippen molar-refractivity contribution >= 4 is 5.91 Å². The molecule has 20 heavy (non-hydrogen) atoms. The van der Waals surface area contributed by atoms with Gasteiger partial charge in [0.15, 0.2) is 0 Å². The van der Waals surface area contributed by atoms with Gasteiger partial charge in [-0.2, -0.15) is 5.26 Å². The van der Waals surface area contributed by atoms with Crippen LogP contribution in [-0.2, 0) is 4.79 Å². The van der Waals surface area contributed by atoms with E-state index >= 15 is 0 Å². The average molecular weight is 272 g/mol. The Morgan fingerprint density at radius 3 is 2.55 bits per heavy atom. The number of hydrogen-bond donors (Lipinski definition) is 0. The Balaban J connectivity index is 1.75. The van der Waals surface area contributed by atoms with Crippen molar-refractivity contribution in [2.24, 2.45) is 10.8 Å². The number of carbonyl (C=O) groups is 1. The van der Waals surface area contributed by atoms with Crippen molar-refractivity contribution in [1.82, 2.24) is 4.90 Å². The van der Waals surface area contributed by atoms with E-state index in [-0.39, 0.29) is 5.91 Å². The van der Waals surface area contributed by atoms with E-state index in [0.717, 1.165) is 58.0 Å². The Morgan fingerprint density at radius 2 is 1.90 bits per heavy atom. The molecule has 1 atom stereocenters. The Kier molecular flexibility index (Phi) is 3.58. The monoisotopic (exact) mass is 272 g/mol.